The smallest absolute Gasteiger partial charge is 0.404 e. The Balaban J connectivity index is 0. The highest BCUT2D eigenvalue weighted by Crippen LogP contribution is 2.22. The van der Waals surface area contributed by atoms with Gasteiger partial charge in [0.1, 0.15) is 17.9 Å². The molecule has 14 nitrogen and oxygen atoms in total. The average molecular weight is 863 g/mol. The van der Waals surface area contributed by atoms with Crippen molar-refractivity contribution in [3.8, 4) is 11.1 Å². The van der Waals surface area contributed by atoms with Crippen LogP contribution in [0.15, 0.2) is 55.2 Å². The van der Waals surface area contributed by atoms with E-state index in [2.05, 4.69) is 121 Å². The lowest BCUT2D eigenvalue weighted by Gasteiger charge is -2.22. The molecule has 0 radical (unpaired) electrons. The van der Waals surface area contributed by atoms with Crippen LogP contribution in [0.1, 0.15) is 116 Å². The number of aromatic amines is 2. The van der Waals surface area contributed by atoms with Crippen LogP contribution < -0.4 is 22.2 Å². The minimum atomic E-state index is -0.745. The molecule has 0 spiro atoms. The number of nitrogens with one attached hydrogen (secondary N) is 2. The first-order valence-electron chi connectivity index (χ1n) is 21.3. The summed E-state index contributed by atoms with van der Waals surface area (Å²) in [6.45, 7) is 24.1. The third kappa shape index (κ3) is 27.3. The summed E-state index contributed by atoms with van der Waals surface area (Å²) in [6, 6.07) is 14.8. The molecular formula is C48H78N8O6. The van der Waals surface area contributed by atoms with Crippen LogP contribution in [0.5, 0.6) is 0 Å². The van der Waals surface area contributed by atoms with Gasteiger partial charge in [0.25, 0.3) is 0 Å². The van der Waals surface area contributed by atoms with Crippen molar-refractivity contribution in [1.82, 2.24) is 29.7 Å². The quantitative estimate of drug-likeness (QED) is 0.0659. The summed E-state index contributed by atoms with van der Waals surface area (Å²) in [7, 11) is 4.37. The number of hydrogen-bond acceptors (Lipinski definition) is 9. The maximum atomic E-state index is 12.9. The standard InChI is InChI=1S/C39H56N6O.C5H10O.C2H5NO2.CH3NO.CH4O/c1-9-12-14-22-44(8)27-37-40-21-15-16-34(26-31(7)41-37)33-19-17-32(18-20-33)30(6)25-36-35(11-3)42-38(43-36)28-45(23-13-10-2)39(46)24-29(4)5;1-5(2)3-4-6;1-5-2(3)4;2-1-3;1-2/h11,15-21,25-26,29H,6,9-10,12-14,22-24,27-28H2,1-5,7-8H3,(H,40,41)(H,42,43);4-5H,3H2,1-2H3;1H3,(H2,3,4);1H,(H2,2,3);2H,1H3/b21-15?,31-26?,34-16?,35-11+,36-25+;;;;. The molecule has 0 aliphatic heterocycles. The molecule has 2 aromatic heterocycles. The normalized spacial score (nSPS) is 10.8. The monoisotopic (exact) mass is 863 g/mol. The number of allylic oxidation sites excluding steroid dienone is 1. The van der Waals surface area contributed by atoms with Crippen molar-refractivity contribution in [2.75, 3.05) is 34.4 Å². The Morgan fingerprint density at radius 1 is 0.919 bits per heavy atom. The van der Waals surface area contributed by atoms with Crippen molar-refractivity contribution >= 4 is 42.4 Å². The van der Waals surface area contributed by atoms with Crippen molar-refractivity contribution in [2.24, 2.45) is 23.3 Å². The van der Waals surface area contributed by atoms with Crippen molar-refractivity contribution < 1.29 is 29.0 Å². The fourth-order valence-corrected chi connectivity index (χ4v) is 5.57. The van der Waals surface area contributed by atoms with Gasteiger partial charge in [-0.05, 0) is 92.6 Å². The second-order valence-electron chi connectivity index (χ2n) is 15.2. The van der Waals surface area contributed by atoms with Gasteiger partial charge in [-0.15, -0.1) is 0 Å². The lowest BCUT2D eigenvalue weighted by atomic mass is 10.0. The second kappa shape index (κ2) is 36.1. The molecule has 0 aliphatic rings. The molecule has 0 saturated carbocycles. The summed E-state index contributed by atoms with van der Waals surface area (Å²) in [5.74, 6) is 2.78. The number of aldehydes is 1. The Morgan fingerprint density at radius 2 is 1.53 bits per heavy atom. The van der Waals surface area contributed by atoms with E-state index < -0.39 is 6.09 Å². The number of H-pyrrole nitrogens is 2. The van der Waals surface area contributed by atoms with Gasteiger partial charge in [0, 0.05) is 38.4 Å². The first-order valence-corrected chi connectivity index (χ1v) is 21.3. The number of aromatic nitrogens is 4. The fourth-order valence-electron chi connectivity index (χ4n) is 5.57. The number of unbranched alkanes of at least 4 members (excludes halogenated alkanes) is 3. The summed E-state index contributed by atoms with van der Waals surface area (Å²) in [5, 5.41) is 8.77. The van der Waals surface area contributed by atoms with E-state index in [0.717, 1.165) is 96.2 Å². The fraction of sp³-hybridized carbons (Fsp3) is 0.500. The molecule has 3 amide bonds. The lowest BCUT2D eigenvalue weighted by molar-refractivity contribution is -0.132. The molecule has 0 aliphatic carbocycles. The van der Waals surface area contributed by atoms with E-state index in [4.69, 9.17) is 14.9 Å². The topological polar surface area (TPSA) is 214 Å². The van der Waals surface area contributed by atoms with Gasteiger partial charge in [-0.2, -0.15) is 0 Å². The summed E-state index contributed by atoms with van der Waals surface area (Å²) >= 11 is 0. The van der Waals surface area contributed by atoms with E-state index in [1.165, 1.54) is 26.4 Å². The van der Waals surface area contributed by atoms with Crippen LogP contribution in [-0.2, 0) is 32.2 Å². The molecule has 62 heavy (non-hydrogen) atoms. The van der Waals surface area contributed by atoms with E-state index in [9.17, 15) is 14.4 Å². The van der Waals surface area contributed by atoms with Gasteiger partial charge >= 0.3 is 6.09 Å². The molecule has 7 N–H and O–H groups in total. The molecule has 0 bridgehead atoms. The molecule has 346 valence electrons. The molecule has 0 unspecified atom stereocenters. The molecule has 0 saturated heterocycles. The summed E-state index contributed by atoms with van der Waals surface area (Å²) in [4.78, 5) is 61.2. The van der Waals surface area contributed by atoms with E-state index in [0.29, 0.717) is 31.2 Å². The average Bonchev–Trinajstić information content (AvgIpc) is 3.65. The van der Waals surface area contributed by atoms with Gasteiger partial charge in [0.15, 0.2) is 0 Å². The zero-order valence-corrected chi connectivity index (χ0v) is 39.5. The van der Waals surface area contributed by atoms with Crippen molar-refractivity contribution in [3.05, 3.63) is 88.8 Å². The number of aliphatic hydroxyl groups excluding tert-OH is 1. The van der Waals surface area contributed by atoms with Crippen molar-refractivity contribution in [2.45, 2.75) is 113 Å². The van der Waals surface area contributed by atoms with E-state index in [1.54, 1.807) is 0 Å². The third-order valence-electron chi connectivity index (χ3n) is 8.69. The van der Waals surface area contributed by atoms with Crippen LogP contribution in [0.4, 0.5) is 4.79 Å². The highest BCUT2D eigenvalue weighted by atomic mass is 16.5. The number of ether oxygens (including phenoxy) is 1. The number of aliphatic hydroxyl groups is 1. The molecular weight excluding hydrogens is 785 g/mol. The van der Waals surface area contributed by atoms with Gasteiger partial charge in [-0.3, -0.25) is 14.5 Å². The van der Waals surface area contributed by atoms with E-state index in [1.807, 2.05) is 50.1 Å². The maximum Gasteiger partial charge on any atom is 0.404 e. The van der Waals surface area contributed by atoms with Gasteiger partial charge in [0.05, 0.1) is 30.9 Å². The van der Waals surface area contributed by atoms with Crippen LogP contribution in [0.2, 0.25) is 0 Å². The molecule has 3 rings (SSSR count). The summed E-state index contributed by atoms with van der Waals surface area (Å²) in [5.41, 5.74) is 13.8. The Labute approximate surface area is 371 Å². The summed E-state index contributed by atoms with van der Waals surface area (Å²) < 4.78 is 3.89. The molecule has 0 atom stereocenters. The number of imidazole rings is 1. The van der Waals surface area contributed by atoms with E-state index >= 15 is 0 Å². The number of nitrogens with two attached hydrogens (primary N) is 2. The van der Waals surface area contributed by atoms with Gasteiger partial charge in [0.2, 0.25) is 12.3 Å². The van der Waals surface area contributed by atoms with Gasteiger partial charge in [-0.25, -0.2) is 14.8 Å². The predicted molar refractivity (Wildman–Crippen MR) is 254 cm³/mol. The summed E-state index contributed by atoms with van der Waals surface area (Å²) in [6.07, 6.45) is 13.3. The minimum Gasteiger partial charge on any atom is -0.453 e. The van der Waals surface area contributed by atoms with Gasteiger partial charge < -0.3 is 41.0 Å². The number of carbonyl (C=O) groups is 4. The number of methoxy groups -OCH3 is 1. The Hall–Kier alpha value is -5.60. The highest BCUT2D eigenvalue weighted by Gasteiger charge is 2.16. The van der Waals surface area contributed by atoms with Crippen LogP contribution in [0.3, 0.4) is 0 Å². The van der Waals surface area contributed by atoms with Crippen molar-refractivity contribution in [3.63, 3.8) is 0 Å². The second-order valence-corrected chi connectivity index (χ2v) is 15.2. The lowest BCUT2D eigenvalue weighted by Crippen LogP contribution is -2.32. The predicted octanol–water partition coefficient (Wildman–Crippen LogP) is 6.98. The third-order valence-corrected chi connectivity index (χ3v) is 8.69. The van der Waals surface area contributed by atoms with Crippen molar-refractivity contribution in [1.29, 1.82) is 0 Å². The number of aryl methyl sites for hydroxylation is 1. The van der Waals surface area contributed by atoms with Crippen LogP contribution in [-0.4, -0.2) is 93.9 Å². The van der Waals surface area contributed by atoms with Gasteiger partial charge in [-0.1, -0.05) is 104 Å². The number of carbonyl (C=O) groups excluding carboxylic acids is 4. The Bertz CT molecular complexity index is 1890. The zero-order valence-electron chi connectivity index (χ0n) is 39.5. The number of primary amides is 2. The molecule has 2 heterocycles. The minimum absolute atomic E-state index is 0.182. The first kappa shape index (κ1) is 58.5. The molecule has 0 fully saturated rings. The Kier molecular flexibility index (Phi) is 34.0. The largest absolute Gasteiger partial charge is 0.453 e. The molecule has 14 heteroatoms. The molecule has 1 aromatic carbocycles. The number of hydrogen-bond donors (Lipinski definition) is 5. The number of amides is 3. The number of rotatable bonds is 18. The van der Waals surface area contributed by atoms with E-state index in [-0.39, 0.29) is 12.3 Å². The SMILES string of the molecule is C=C(/C=c1/[nH]c(CN(CCCC)C(=O)CC(C)C)n/c1=C/C)c1ccc(-c2cccnc(CN(C)CCCCC)[nH]c(C)c2)cc1.CC(C)CC=O.CO.COC(N)=O.NC=O. The highest BCUT2D eigenvalue weighted by molar-refractivity contribution is 5.87. The number of nitrogens with zero attached hydrogens (tertiary/aromatic N) is 4. The van der Waals surface area contributed by atoms with Crippen LogP contribution in [0, 0.1) is 18.8 Å². The zero-order chi connectivity index (χ0) is 47.5. The Morgan fingerprint density at radius 3 is 2.03 bits per heavy atom. The maximum absolute atomic E-state index is 12.9. The number of benzene rings is 1. The van der Waals surface area contributed by atoms with Crippen LogP contribution in [0.25, 0.3) is 28.9 Å². The van der Waals surface area contributed by atoms with Crippen LogP contribution >= 0.6 is 0 Å². The first-order chi connectivity index (χ1) is 29.6. The molecule has 3 aromatic rings.